The van der Waals surface area contributed by atoms with Crippen molar-refractivity contribution in [2.75, 3.05) is 13.2 Å². The highest BCUT2D eigenvalue weighted by atomic mass is 19.1. The van der Waals surface area contributed by atoms with Crippen LogP contribution >= 0.6 is 0 Å². The highest BCUT2D eigenvalue weighted by Crippen LogP contribution is 2.26. The number of halogens is 1. The molecule has 0 aromatic heterocycles. The van der Waals surface area contributed by atoms with Crippen molar-refractivity contribution in [3.8, 4) is 0 Å². The lowest BCUT2D eigenvalue weighted by Gasteiger charge is -2.30. The van der Waals surface area contributed by atoms with E-state index in [1.54, 1.807) is 17.0 Å². The molecule has 0 spiro atoms. The van der Waals surface area contributed by atoms with Crippen LogP contribution in [0.5, 0.6) is 0 Å². The summed E-state index contributed by atoms with van der Waals surface area (Å²) in [5, 5.41) is 0. The molecule has 1 heterocycles. The first-order chi connectivity index (χ1) is 11.8. The molecule has 0 bridgehead atoms. The number of ether oxygens (including phenoxy) is 1. The van der Waals surface area contributed by atoms with Gasteiger partial charge in [0.05, 0.1) is 12.0 Å². The van der Waals surface area contributed by atoms with Gasteiger partial charge < -0.3 is 9.64 Å². The van der Waals surface area contributed by atoms with Gasteiger partial charge in [0.15, 0.2) is 6.61 Å². The molecule has 2 unspecified atom stereocenters. The van der Waals surface area contributed by atoms with Crippen molar-refractivity contribution in [2.24, 2.45) is 5.92 Å². The number of hydrazine groups is 1. The van der Waals surface area contributed by atoms with Gasteiger partial charge >= 0.3 is 5.97 Å². The highest BCUT2D eigenvalue weighted by molar-refractivity contribution is 5.82. The number of esters is 1. The molecule has 2 N–H and O–H groups in total. The lowest BCUT2D eigenvalue weighted by atomic mass is 9.95. The fourth-order valence-corrected chi connectivity index (χ4v) is 3.19. The smallest absolute Gasteiger partial charge is 0.312 e. The summed E-state index contributed by atoms with van der Waals surface area (Å²) in [5.41, 5.74) is 6.71. The predicted octanol–water partition coefficient (Wildman–Crippen LogP) is 1.78. The third kappa shape index (κ3) is 4.76. The molecule has 0 radical (unpaired) electrons. The lowest BCUT2D eigenvalue weighted by molar-refractivity contribution is -0.156. The topological polar surface area (TPSA) is 70.7 Å². The second-order valence-electron chi connectivity index (χ2n) is 6.76. The minimum Gasteiger partial charge on any atom is -0.455 e. The number of hydrogen-bond acceptors (Lipinski definition) is 5. The number of hydrogen-bond donors (Lipinski definition) is 2. The molecule has 2 rings (SSSR count). The quantitative estimate of drug-likeness (QED) is 0.765. The number of amides is 1. The van der Waals surface area contributed by atoms with E-state index in [9.17, 15) is 14.0 Å². The van der Waals surface area contributed by atoms with Gasteiger partial charge in [0, 0.05) is 18.6 Å². The molecular formula is C18H26FN3O3. The lowest BCUT2D eigenvalue weighted by Crippen LogP contribution is -2.44. The van der Waals surface area contributed by atoms with Crippen molar-refractivity contribution < 1.29 is 18.7 Å². The van der Waals surface area contributed by atoms with Crippen LogP contribution in [-0.4, -0.2) is 42.0 Å². The number of nitrogens with zero attached hydrogens (tertiary/aromatic N) is 1. The van der Waals surface area contributed by atoms with E-state index in [2.05, 4.69) is 10.9 Å². The van der Waals surface area contributed by atoms with E-state index in [1.807, 2.05) is 27.7 Å². The Bertz CT molecular complexity index is 596. The number of carbonyl (C=O) groups excluding carboxylic acids is 2. The first-order valence-electron chi connectivity index (χ1n) is 8.53. The van der Waals surface area contributed by atoms with Crippen molar-refractivity contribution in [3.05, 3.63) is 35.6 Å². The largest absolute Gasteiger partial charge is 0.455 e. The number of benzene rings is 1. The number of carbonyl (C=O) groups is 2. The average molecular weight is 351 g/mol. The molecule has 2 atom stereocenters. The van der Waals surface area contributed by atoms with Gasteiger partial charge in [-0.05, 0) is 45.4 Å². The maximum atomic E-state index is 13.1. The van der Waals surface area contributed by atoms with Gasteiger partial charge in [-0.3, -0.25) is 15.0 Å². The molecule has 1 aliphatic heterocycles. The Hall–Kier alpha value is -1.99. The Kier molecular flexibility index (Phi) is 6.50. The minimum absolute atomic E-state index is 0.0352. The first-order valence-corrected chi connectivity index (χ1v) is 8.53. The highest BCUT2D eigenvalue weighted by Gasteiger charge is 2.35. The monoisotopic (exact) mass is 351 g/mol. The minimum atomic E-state index is -0.482. The normalized spacial score (nSPS) is 20.1. The number of rotatable bonds is 6. The van der Waals surface area contributed by atoms with Crippen LogP contribution in [0, 0.1) is 11.7 Å². The van der Waals surface area contributed by atoms with Gasteiger partial charge in [0.1, 0.15) is 5.82 Å². The second-order valence-corrected chi connectivity index (χ2v) is 6.76. The predicted molar refractivity (Wildman–Crippen MR) is 91.8 cm³/mol. The zero-order chi connectivity index (χ0) is 18.6. The molecule has 0 aliphatic carbocycles. The van der Waals surface area contributed by atoms with Crippen molar-refractivity contribution in [1.82, 2.24) is 15.8 Å². The summed E-state index contributed by atoms with van der Waals surface area (Å²) in [6.07, 6.45) is 0. The fourth-order valence-electron chi connectivity index (χ4n) is 3.19. The molecule has 1 fully saturated rings. The molecule has 1 saturated heterocycles. The van der Waals surface area contributed by atoms with Gasteiger partial charge in [-0.2, -0.15) is 0 Å². The van der Waals surface area contributed by atoms with E-state index < -0.39 is 11.9 Å². The summed E-state index contributed by atoms with van der Waals surface area (Å²) >= 11 is 0. The molecular weight excluding hydrogens is 325 g/mol. The van der Waals surface area contributed by atoms with Gasteiger partial charge in [-0.1, -0.05) is 12.1 Å². The van der Waals surface area contributed by atoms with Crippen LogP contribution in [0.15, 0.2) is 24.3 Å². The zero-order valence-corrected chi connectivity index (χ0v) is 15.1. The standard InChI is InChI=1S/C18H26FN3O3/c1-11(2)22(12(3)4)16(23)10-25-18(24)15-9-20-21-17(15)13-5-7-14(19)8-6-13/h5-8,11-12,15,17,20-21H,9-10H2,1-4H3. The van der Waals surface area contributed by atoms with E-state index in [1.165, 1.54) is 12.1 Å². The first kappa shape index (κ1) is 19.3. The van der Waals surface area contributed by atoms with E-state index in [4.69, 9.17) is 4.74 Å². The SMILES string of the molecule is CC(C)N(C(=O)COC(=O)C1CNNC1c1ccc(F)cc1)C(C)C. The maximum Gasteiger partial charge on any atom is 0.312 e. The molecule has 25 heavy (non-hydrogen) atoms. The molecule has 6 nitrogen and oxygen atoms in total. The van der Waals surface area contributed by atoms with Crippen molar-refractivity contribution in [2.45, 2.75) is 45.8 Å². The van der Waals surface area contributed by atoms with E-state index >= 15 is 0 Å². The summed E-state index contributed by atoms with van der Waals surface area (Å²) in [6.45, 7) is 7.81. The van der Waals surface area contributed by atoms with Gasteiger partial charge in [0.2, 0.25) is 0 Å². The van der Waals surface area contributed by atoms with Crippen molar-refractivity contribution in [3.63, 3.8) is 0 Å². The third-order valence-corrected chi connectivity index (χ3v) is 4.25. The van der Waals surface area contributed by atoms with Crippen LogP contribution in [0.1, 0.15) is 39.3 Å². The summed E-state index contributed by atoms with van der Waals surface area (Å²) in [4.78, 5) is 26.4. The van der Waals surface area contributed by atoms with Crippen LogP contribution in [0.4, 0.5) is 4.39 Å². The van der Waals surface area contributed by atoms with Gasteiger partial charge in [0.25, 0.3) is 5.91 Å². The molecule has 0 saturated carbocycles. The Morgan fingerprint density at radius 2 is 1.80 bits per heavy atom. The van der Waals surface area contributed by atoms with Crippen molar-refractivity contribution >= 4 is 11.9 Å². The van der Waals surface area contributed by atoms with Crippen LogP contribution in [-0.2, 0) is 14.3 Å². The van der Waals surface area contributed by atoms with Crippen LogP contribution in [0.25, 0.3) is 0 Å². The van der Waals surface area contributed by atoms with Gasteiger partial charge in [-0.25, -0.2) is 9.82 Å². The van der Waals surface area contributed by atoms with Crippen LogP contribution in [0.3, 0.4) is 0 Å². The van der Waals surface area contributed by atoms with E-state index in [0.29, 0.717) is 6.54 Å². The molecule has 1 aromatic carbocycles. The summed E-state index contributed by atoms with van der Waals surface area (Å²) in [7, 11) is 0. The molecule has 138 valence electrons. The molecule has 7 heteroatoms. The summed E-state index contributed by atoms with van der Waals surface area (Å²) in [5.74, 6) is -1.48. The third-order valence-electron chi connectivity index (χ3n) is 4.25. The molecule has 1 aliphatic rings. The molecule has 1 amide bonds. The van der Waals surface area contributed by atoms with Crippen LogP contribution < -0.4 is 10.9 Å². The van der Waals surface area contributed by atoms with Crippen molar-refractivity contribution in [1.29, 1.82) is 0 Å². The van der Waals surface area contributed by atoms with E-state index in [0.717, 1.165) is 5.56 Å². The summed E-state index contributed by atoms with van der Waals surface area (Å²) in [6, 6.07) is 5.71. The zero-order valence-electron chi connectivity index (χ0n) is 15.1. The van der Waals surface area contributed by atoms with Gasteiger partial charge in [-0.15, -0.1) is 0 Å². The number of nitrogens with one attached hydrogen (secondary N) is 2. The second kappa shape index (κ2) is 8.40. The molecule has 1 aromatic rings. The fraction of sp³-hybridized carbons (Fsp3) is 0.556. The Balaban J connectivity index is 1.97. The average Bonchev–Trinajstić information content (AvgIpc) is 3.02. The Morgan fingerprint density at radius 3 is 2.36 bits per heavy atom. The van der Waals surface area contributed by atoms with E-state index in [-0.39, 0.29) is 36.5 Å². The maximum absolute atomic E-state index is 13.1. The van der Waals surface area contributed by atoms with Crippen LogP contribution in [0.2, 0.25) is 0 Å². The summed E-state index contributed by atoms with van der Waals surface area (Å²) < 4.78 is 18.3. The Labute approximate surface area is 147 Å². The Morgan fingerprint density at radius 1 is 1.20 bits per heavy atom.